The van der Waals surface area contributed by atoms with Gasteiger partial charge >= 0.3 is 12.1 Å². The number of nitrogens with two attached hydrogens (primary N) is 1. The molecule has 4 atom stereocenters. The van der Waals surface area contributed by atoms with Gasteiger partial charge in [0.2, 0.25) is 11.8 Å². The van der Waals surface area contributed by atoms with Crippen LogP contribution in [-0.2, 0) is 36.9 Å². The van der Waals surface area contributed by atoms with E-state index in [0.29, 0.717) is 13.0 Å². The number of amides is 3. The molecule has 0 aliphatic carbocycles. The zero-order valence-corrected chi connectivity index (χ0v) is 24.5. The molecule has 0 aromatic heterocycles. The van der Waals surface area contributed by atoms with Crippen LogP contribution in [0.25, 0.3) is 0 Å². The number of likely N-dealkylation sites (tertiary alicyclic amines) is 1. The predicted octanol–water partition coefficient (Wildman–Crippen LogP) is 2.05. The van der Waals surface area contributed by atoms with Gasteiger partial charge in [-0.2, -0.15) is 0 Å². The second-order valence-electron chi connectivity index (χ2n) is 11.5. The molecule has 2 aromatic carbocycles. The van der Waals surface area contributed by atoms with Gasteiger partial charge < -0.3 is 30.9 Å². The number of aliphatic hydroxyl groups is 1. The van der Waals surface area contributed by atoms with Crippen molar-refractivity contribution in [1.29, 1.82) is 0 Å². The summed E-state index contributed by atoms with van der Waals surface area (Å²) in [5.74, 6) is -1.85. The maximum atomic E-state index is 13.4. The van der Waals surface area contributed by atoms with Crippen LogP contribution in [0.3, 0.4) is 0 Å². The van der Waals surface area contributed by atoms with Gasteiger partial charge in [0.15, 0.2) is 0 Å². The van der Waals surface area contributed by atoms with Crippen LogP contribution in [0.15, 0.2) is 60.7 Å². The van der Waals surface area contributed by atoms with E-state index >= 15 is 0 Å². The highest BCUT2D eigenvalue weighted by Crippen LogP contribution is 2.22. The fourth-order valence-electron chi connectivity index (χ4n) is 4.80. The fourth-order valence-corrected chi connectivity index (χ4v) is 4.80. The summed E-state index contributed by atoms with van der Waals surface area (Å²) in [6.45, 7) is 6.08. The zero-order chi connectivity index (χ0) is 30.7. The summed E-state index contributed by atoms with van der Waals surface area (Å²) in [6, 6.07) is 15.7. The van der Waals surface area contributed by atoms with Crippen LogP contribution < -0.4 is 16.4 Å². The molecule has 3 rings (SSSR count). The Bertz CT molecular complexity index is 1190. The van der Waals surface area contributed by atoms with Crippen molar-refractivity contribution in [3.8, 4) is 0 Å². The molecule has 0 radical (unpaired) electrons. The lowest BCUT2D eigenvalue weighted by molar-refractivity contribution is -0.160. The van der Waals surface area contributed by atoms with Crippen molar-refractivity contribution < 1.29 is 33.8 Å². The van der Waals surface area contributed by atoms with E-state index in [9.17, 15) is 24.3 Å². The third-order valence-electron chi connectivity index (χ3n) is 6.78. The second kappa shape index (κ2) is 15.3. The highest BCUT2D eigenvalue weighted by Gasteiger charge is 2.37. The molecule has 0 bridgehead atoms. The molecule has 42 heavy (non-hydrogen) atoms. The molecule has 2 aromatic rings. The smallest absolute Gasteiger partial charge is 0.408 e. The molecule has 1 aliphatic heterocycles. The van der Waals surface area contributed by atoms with Crippen molar-refractivity contribution in [1.82, 2.24) is 15.5 Å². The number of ether oxygens (including phenoxy) is 2. The van der Waals surface area contributed by atoms with Gasteiger partial charge in [-0.1, -0.05) is 60.7 Å². The summed E-state index contributed by atoms with van der Waals surface area (Å²) in [5.41, 5.74) is 6.34. The fraction of sp³-hybridized carbons (Fsp3) is 0.484. The van der Waals surface area contributed by atoms with E-state index in [0.717, 1.165) is 17.5 Å². The Morgan fingerprint density at radius 1 is 1.00 bits per heavy atom. The number of alkyl carbamates (subject to hydrolysis) is 1. The molecular weight excluding hydrogens is 540 g/mol. The molecule has 1 fully saturated rings. The number of nitrogens with zero attached hydrogens (tertiary/aromatic N) is 1. The Hall–Kier alpha value is -3.96. The number of esters is 1. The first-order chi connectivity index (χ1) is 19.9. The number of benzene rings is 2. The first-order valence-corrected chi connectivity index (χ1v) is 14.2. The Morgan fingerprint density at radius 3 is 2.21 bits per heavy atom. The van der Waals surface area contributed by atoms with Gasteiger partial charge in [-0.25, -0.2) is 4.79 Å². The Morgan fingerprint density at radius 2 is 1.62 bits per heavy atom. The van der Waals surface area contributed by atoms with Gasteiger partial charge in [-0.3, -0.25) is 19.3 Å². The van der Waals surface area contributed by atoms with Crippen LogP contribution in [0.5, 0.6) is 0 Å². The highest BCUT2D eigenvalue weighted by molar-refractivity contribution is 5.90. The Labute approximate surface area is 246 Å². The van der Waals surface area contributed by atoms with Crippen LogP contribution in [0.4, 0.5) is 4.79 Å². The van der Waals surface area contributed by atoms with Gasteiger partial charge in [0.1, 0.15) is 24.3 Å². The molecular formula is C31H42N4O7. The third-order valence-corrected chi connectivity index (χ3v) is 6.78. The number of aliphatic hydroxyl groups excluding tert-OH is 1. The number of hydrogen-bond donors (Lipinski definition) is 4. The normalized spacial score (nSPS) is 17.5. The van der Waals surface area contributed by atoms with E-state index in [1.807, 2.05) is 41.3 Å². The molecule has 5 N–H and O–H groups in total. The lowest BCUT2D eigenvalue weighted by Crippen LogP contribution is -2.56. The summed E-state index contributed by atoms with van der Waals surface area (Å²) < 4.78 is 10.8. The van der Waals surface area contributed by atoms with Crippen molar-refractivity contribution in [3.05, 3.63) is 71.8 Å². The van der Waals surface area contributed by atoms with Gasteiger partial charge in [0.25, 0.3) is 0 Å². The Kier molecular flexibility index (Phi) is 11.9. The minimum absolute atomic E-state index is 0.0262. The second-order valence-corrected chi connectivity index (χ2v) is 11.5. The SMILES string of the molecule is CC(C)(C)OC(=O)C1CCCN1C[C@@H](O)[C@H](Cc1ccccc1)NC(=O)[C@H](CC(N)=O)NC(=O)OCc1ccccc1. The largest absolute Gasteiger partial charge is 0.459 e. The van der Waals surface area contributed by atoms with Crippen LogP contribution in [-0.4, -0.2) is 76.8 Å². The molecule has 1 saturated heterocycles. The van der Waals surface area contributed by atoms with E-state index in [4.69, 9.17) is 15.2 Å². The first-order valence-electron chi connectivity index (χ1n) is 14.2. The van der Waals surface area contributed by atoms with Gasteiger partial charge in [-0.15, -0.1) is 0 Å². The number of rotatable bonds is 13. The minimum atomic E-state index is -1.32. The van der Waals surface area contributed by atoms with Gasteiger partial charge in [0.05, 0.1) is 18.6 Å². The van der Waals surface area contributed by atoms with Crippen molar-refractivity contribution in [2.45, 2.75) is 82.9 Å². The molecule has 0 spiro atoms. The van der Waals surface area contributed by atoms with Gasteiger partial charge in [0, 0.05) is 6.54 Å². The summed E-state index contributed by atoms with van der Waals surface area (Å²) in [7, 11) is 0. The van der Waals surface area contributed by atoms with Crippen molar-refractivity contribution in [2.24, 2.45) is 5.73 Å². The van der Waals surface area contributed by atoms with Crippen molar-refractivity contribution in [2.75, 3.05) is 13.1 Å². The molecule has 0 saturated carbocycles. The lowest BCUT2D eigenvalue weighted by atomic mass is 9.99. The van der Waals surface area contributed by atoms with E-state index < -0.39 is 54.2 Å². The quantitative estimate of drug-likeness (QED) is 0.261. The minimum Gasteiger partial charge on any atom is -0.459 e. The van der Waals surface area contributed by atoms with Crippen LogP contribution in [0.1, 0.15) is 51.2 Å². The van der Waals surface area contributed by atoms with Crippen LogP contribution in [0, 0.1) is 0 Å². The number of carbonyl (C=O) groups is 4. The standard InChI is InChI=1S/C31H42N4O7/c1-31(2,3)42-29(39)25-15-10-16-35(25)19-26(36)23(17-21-11-6-4-7-12-21)33-28(38)24(18-27(32)37)34-30(40)41-20-22-13-8-5-9-14-22/h4-9,11-14,23-26,36H,10,15-20H2,1-3H3,(H2,32,37)(H,33,38)(H,34,40)/t23-,24-,25?,26+/m0/s1. The Balaban J connectivity index is 1.71. The van der Waals surface area contributed by atoms with Crippen LogP contribution >= 0.6 is 0 Å². The average Bonchev–Trinajstić information content (AvgIpc) is 3.39. The van der Waals surface area contributed by atoms with Crippen molar-refractivity contribution >= 4 is 23.9 Å². The average molecular weight is 583 g/mol. The summed E-state index contributed by atoms with van der Waals surface area (Å²) in [5, 5.41) is 16.6. The monoisotopic (exact) mass is 582 g/mol. The molecule has 1 aliphatic rings. The van der Waals surface area contributed by atoms with E-state index in [1.165, 1.54) is 0 Å². The number of nitrogens with one attached hydrogen (secondary N) is 2. The summed E-state index contributed by atoms with van der Waals surface area (Å²) >= 11 is 0. The molecule has 11 nitrogen and oxygen atoms in total. The molecule has 228 valence electrons. The molecule has 11 heteroatoms. The van der Waals surface area contributed by atoms with E-state index in [-0.39, 0.29) is 25.5 Å². The first kappa shape index (κ1) is 32.6. The maximum absolute atomic E-state index is 13.4. The van der Waals surface area contributed by atoms with Gasteiger partial charge in [-0.05, 0) is 57.7 Å². The van der Waals surface area contributed by atoms with Crippen molar-refractivity contribution in [3.63, 3.8) is 0 Å². The number of β-amino-alcohol motifs (C(OH)–C–C–N with tert-alkyl or cyclic N) is 1. The molecule has 1 unspecified atom stereocenters. The summed E-state index contributed by atoms with van der Waals surface area (Å²) in [6.07, 6.45) is -0.808. The van der Waals surface area contributed by atoms with E-state index in [1.54, 1.807) is 45.0 Å². The molecule has 3 amide bonds. The number of primary amides is 1. The summed E-state index contributed by atoms with van der Waals surface area (Å²) in [4.78, 5) is 52.3. The number of hydrogen-bond acceptors (Lipinski definition) is 8. The number of carbonyl (C=O) groups excluding carboxylic acids is 4. The van der Waals surface area contributed by atoms with E-state index in [2.05, 4.69) is 10.6 Å². The topological polar surface area (TPSA) is 160 Å². The predicted molar refractivity (Wildman–Crippen MR) is 156 cm³/mol. The lowest BCUT2D eigenvalue weighted by Gasteiger charge is -2.32. The maximum Gasteiger partial charge on any atom is 0.408 e. The van der Waals surface area contributed by atoms with Crippen LogP contribution in [0.2, 0.25) is 0 Å². The highest BCUT2D eigenvalue weighted by atomic mass is 16.6. The zero-order valence-electron chi connectivity index (χ0n) is 24.5. The molecule has 1 heterocycles. The third kappa shape index (κ3) is 10.8.